The van der Waals surface area contributed by atoms with Crippen molar-refractivity contribution >= 4 is 35.4 Å². The van der Waals surface area contributed by atoms with Gasteiger partial charge in [0.1, 0.15) is 5.37 Å². The van der Waals surface area contributed by atoms with Gasteiger partial charge < -0.3 is 20.1 Å². The quantitative estimate of drug-likeness (QED) is 0.261. The van der Waals surface area contributed by atoms with E-state index in [1.54, 1.807) is 0 Å². The summed E-state index contributed by atoms with van der Waals surface area (Å²) in [5, 5.41) is 41.1. The molecule has 3 rings (SSSR count). The standard InChI is InChI=1S/C12H15N5O5S2.Na/c1-5(19)7-9(20)17-8(11(21)22)6(24-10(7)17)4-23-12-13-14-15-16(12)2-3-18;/h5,7,10,18-19H,2-4H2,1H3,(H,21,22);/q;+1/p-1/t5-,7?,10-;/m1./s1. The van der Waals surface area contributed by atoms with Crippen molar-refractivity contribution in [1.82, 2.24) is 25.1 Å². The molecule has 3 heterocycles. The molecule has 10 nitrogen and oxygen atoms in total. The van der Waals surface area contributed by atoms with Crippen LogP contribution in [0, 0.1) is 5.92 Å². The first-order valence-corrected chi connectivity index (χ1v) is 8.94. The molecule has 13 heteroatoms. The van der Waals surface area contributed by atoms with Crippen LogP contribution < -0.4 is 34.7 Å². The fourth-order valence-corrected chi connectivity index (χ4v) is 5.22. The summed E-state index contributed by atoms with van der Waals surface area (Å²) >= 11 is 2.43. The first-order valence-electron chi connectivity index (χ1n) is 7.07. The molecule has 1 amide bonds. The number of β-lactam (4-membered cyclic amide) rings is 1. The summed E-state index contributed by atoms with van der Waals surface area (Å²) in [6, 6.07) is 0. The topological polar surface area (TPSA) is 144 Å². The Balaban J connectivity index is 0.00000225. The number of carbonyl (C=O) groups excluding carboxylic acids is 2. The van der Waals surface area contributed by atoms with Crippen LogP contribution in [0.2, 0.25) is 0 Å². The molecule has 0 saturated carbocycles. The zero-order valence-electron chi connectivity index (χ0n) is 13.5. The Kier molecular flexibility index (Phi) is 6.93. The van der Waals surface area contributed by atoms with Crippen molar-refractivity contribution in [3.05, 3.63) is 10.6 Å². The van der Waals surface area contributed by atoms with Gasteiger partial charge in [0.2, 0.25) is 11.1 Å². The molecule has 0 radical (unpaired) electrons. The summed E-state index contributed by atoms with van der Waals surface area (Å²) in [7, 11) is 0. The van der Waals surface area contributed by atoms with E-state index in [1.807, 2.05) is 0 Å². The van der Waals surface area contributed by atoms with Gasteiger partial charge in [-0.25, -0.2) is 4.68 Å². The van der Waals surface area contributed by atoms with Gasteiger partial charge in [0.25, 0.3) is 0 Å². The number of aliphatic hydroxyl groups excluding tert-OH is 2. The Bertz CT molecular complexity index is 712. The average Bonchev–Trinajstić information content (AvgIpc) is 3.07. The van der Waals surface area contributed by atoms with Gasteiger partial charge in [-0.3, -0.25) is 9.69 Å². The van der Waals surface area contributed by atoms with E-state index in [1.165, 1.54) is 40.0 Å². The normalized spacial score (nSPS) is 23.2. The molecule has 0 bridgehead atoms. The fraction of sp³-hybridized carbons (Fsp3) is 0.583. The van der Waals surface area contributed by atoms with Crippen molar-refractivity contribution < 1.29 is 54.5 Å². The number of thioether (sulfide) groups is 2. The zero-order valence-corrected chi connectivity index (χ0v) is 17.2. The number of carboxylic acid groups (broad SMARTS) is 1. The molecule has 1 unspecified atom stereocenters. The van der Waals surface area contributed by atoms with Crippen molar-refractivity contribution in [2.75, 3.05) is 12.4 Å². The number of hydrogen-bond donors (Lipinski definition) is 2. The predicted molar refractivity (Wildman–Crippen MR) is 81.1 cm³/mol. The minimum absolute atomic E-state index is 0. The smallest absolute Gasteiger partial charge is 0.543 e. The minimum Gasteiger partial charge on any atom is -0.543 e. The molecule has 130 valence electrons. The predicted octanol–water partition coefficient (Wildman–Crippen LogP) is -5.36. The van der Waals surface area contributed by atoms with Crippen LogP contribution in [-0.2, 0) is 16.1 Å². The van der Waals surface area contributed by atoms with E-state index in [9.17, 15) is 19.8 Å². The van der Waals surface area contributed by atoms with Crippen molar-refractivity contribution in [1.29, 1.82) is 0 Å². The zero-order chi connectivity index (χ0) is 17.4. The van der Waals surface area contributed by atoms with Crippen LogP contribution in [-0.4, -0.2) is 71.0 Å². The van der Waals surface area contributed by atoms with E-state index in [0.29, 0.717) is 10.1 Å². The maximum atomic E-state index is 12.1. The SMILES string of the molecule is C[C@@H](O)C1C(=O)N2C(C(=O)[O-])=C(CSc3nnnn3CCO)S[C@H]12.[Na+]. The molecule has 1 saturated heterocycles. The van der Waals surface area contributed by atoms with E-state index in [2.05, 4.69) is 15.5 Å². The van der Waals surface area contributed by atoms with Gasteiger partial charge in [0, 0.05) is 10.7 Å². The Morgan fingerprint density at radius 2 is 2.24 bits per heavy atom. The second-order valence-electron chi connectivity index (χ2n) is 5.24. The number of tetrazole rings is 1. The third kappa shape index (κ3) is 3.75. The largest absolute Gasteiger partial charge is 1.00 e. The first kappa shape index (κ1) is 20.7. The van der Waals surface area contributed by atoms with Gasteiger partial charge in [-0.05, 0) is 17.4 Å². The average molecular weight is 395 g/mol. The van der Waals surface area contributed by atoms with Gasteiger partial charge in [-0.1, -0.05) is 11.8 Å². The Hall–Kier alpha value is -0.630. The minimum atomic E-state index is -1.42. The second-order valence-corrected chi connectivity index (χ2v) is 7.39. The molecule has 2 aliphatic heterocycles. The summed E-state index contributed by atoms with van der Waals surface area (Å²) in [6.07, 6.45) is -0.849. The first-order chi connectivity index (χ1) is 11.5. The molecule has 1 aromatic heterocycles. The van der Waals surface area contributed by atoms with Crippen LogP contribution in [0.4, 0.5) is 0 Å². The van der Waals surface area contributed by atoms with E-state index in [-0.39, 0.29) is 54.2 Å². The fourth-order valence-electron chi connectivity index (χ4n) is 2.61. The molecule has 0 spiro atoms. The number of carbonyl (C=O) groups is 2. The van der Waals surface area contributed by atoms with Crippen LogP contribution in [0.5, 0.6) is 0 Å². The number of aliphatic carboxylic acids is 1. The maximum absolute atomic E-state index is 12.1. The molecule has 2 N–H and O–H groups in total. The van der Waals surface area contributed by atoms with Gasteiger partial charge in [0.15, 0.2) is 0 Å². The Labute approximate surface area is 173 Å². The van der Waals surface area contributed by atoms with Crippen LogP contribution in [0.1, 0.15) is 6.92 Å². The summed E-state index contributed by atoms with van der Waals surface area (Å²) in [6.45, 7) is 1.61. The van der Waals surface area contributed by atoms with E-state index in [0.717, 1.165) is 0 Å². The van der Waals surface area contributed by atoms with Crippen LogP contribution in [0.15, 0.2) is 15.8 Å². The van der Waals surface area contributed by atoms with E-state index >= 15 is 0 Å². The molecule has 25 heavy (non-hydrogen) atoms. The third-order valence-electron chi connectivity index (χ3n) is 3.71. The molecule has 2 aliphatic rings. The van der Waals surface area contributed by atoms with Crippen LogP contribution >= 0.6 is 23.5 Å². The molecule has 1 aromatic rings. The molecule has 0 aliphatic carbocycles. The number of amides is 1. The van der Waals surface area contributed by atoms with Crippen LogP contribution in [0.3, 0.4) is 0 Å². The van der Waals surface area contributed by atoms with Crippen molar-refractivity contribution in [2.24, 2.45) is 5.92 Å². The number of aromatic nitrogens is 4. The number of carboxylic acids is 1. The summed E-state index contributed by atoms with van der Waals surface area (Å²) in [5.74, 6) is -2.21. The van der Waals surface area contributed by atoms with E-state index in [4.69, 9.17) is 5.11 Å². The molecule has 0 aromatic carbocycles. The second kappa shape index (κ2) is 8.37. The monoisotopic (exact) mass is 395 g/mol. The molecular weight excluding hydrogens is 381 g/mol. The maximum Gasteiger partial charge on any atom is 1.00 e. The van der Waals surface area contributed by atoms with Crippen molar-refractivity contribution in [3.63, 3.8) is 0 Å². The van der Waals surface area contributed by atoms with Gasteiger partial charge in [-0.15, -0.1) is 16.9 Å². The van der Waals surface area contributed by atoms with E-state index < -0.39 is 29.3 Å². The van der Waals surface area contributed by atoms with Gasteiger partial charge >= 0.3 is 29.6 Å². The number of nitrogens with zero attached hydrogens (tertiary/aromatic N) is 5. The molecule has 1 fully saturated rings. The van der Waals surface area contributed by atoms with Crippen molar-refractivity contribution in [3.8, 4) is 0 Å². The molecule has 3 atom stereocenters. The Morgan fingerprint density at radius 3 is 2.84 bits per heavy atom. The number of hydrogen-bond acceptors (Lipinski definition) is 10. The van der Waals surface area contributed by atoms with Gasteiger partial charge in [0.05, 0.1) is 36.8 Å². The summed E-state index contributed by atoms with van der Waals surface area (Å²) in [5.41, 5.74) is -0.152. The summed E-state index contributed by atoms with van der Waals surface area (Å²) in [4.78, 5) is 25.1. The Morgan fingerprint density at radius 1 is 1.52 bits per heavy atom. The van der Waals surface area contributed by atoms with Gasteiger partial charge in [-0.2, -0.15) is 0 Å². The third-order valence-corrected chi connectivity index (χ3v) is 6.24. The van der Waals surface area contributed by atoms with Crippen molar-refractivity contribution in [2.45, 2.75) is 30.1 Å². The summed E-state index contributed by atoms with van der Waals surface area (Å²) < 4.78 is 1.40. The number of fused-ring (bicyclic) bond motifs is 1. The number of aliphatic hydroxyl groups is 2. The van der Waals surface area contributed by atoms with Crippen LogP contribution in [0.25, 0.3) is 0 Å². The molecular formula is C12H14N5NaO5S2. The number of rotatable bonds is 7.